The third kappa shape index (κ3) is 7.12. The van der Waals surface area contributed by atoms with Crippen LogP contribution in [0.5, 0.6) is 0 Å². The Morgan fingerprint density at radius 1 is 1.32 bits per heavy atom. The molecule has 2 N–H and O–H groups in total. The van der Waals surface area contributed by atoms with Crippen LogP contribution in [0.15, 0.2) is 21.3 Å². The fourth-order valence-electron chi connectivity index (χ4n) is 3.30. The minimum absolute atomic E-state index is 0. The molecule has 0 amide bonds. The van der Waals surface area contributed by atoms with Crippen molar-refractivity contribution in [3.63, 3.8) is 0 Å². The smallest absolute Gasteiger partial charge is 0.252 e. The lowest BCUT2D eigenvalue weighted by molar-refractivity contribution is 0.147. The van der Waals surface area contributed by atoms with E-state index in [-0.39, 0.29) is 24.0 Å². The van der Waals surface area contributed by atoms with Crippen molar-refractivity contribution in [3.8, 4) is 0 Å². The molecule has 1 atom stereocenters. The summed E-state index contributed by atoms with van der Waals surface area (Å²) in [6, 6.07) is 4.22. The van der Waals surface area contributed by atoms with Crippen LogP contribution in [-0.2, 0) is 16.6 Å². The number of halogens is 1. The summed E-state index contributed by atoms with van der Waals surface area (Å²) in [5.74, 6) is 0.741. The zero-order valence-electron chi connectivity index (χ0n) is 17.3. The van der Waals surface area contributed by atoms with Crippen LogP contribution in [0.4, 0.5) is 0 Å². The van der Waals surface area contributed by atoms with Gasteiger partial charge in [0.1, 0.15) is 4.21 Å². The van der Waals surface area contributed by atoms with Crippen molar-refractivity contribution in [2.24, 2.45) is 4.99 Å². The summed E-state index contributed by atoms with van der Waals surface area (Å²) < 4.78 is 25.9. The van der Waals surface area contributed by atoms with Gasteiger partial charge in [0.05, 0.1) is 6.54 Å². The second kappa shape index (κ2) is 12.3. The quantitative estimate of drug-likeness (QED) is 0.300. The van der Waals surface area contributed by atoms with Crippen LogP contribution < -0.4 is 10.6 Å². The molecule has 2 rings (SSSR count). The van der Waals surface area contributed by atoms with Gasteiger partial charge in [0, 0.05) is 45.2 Å². The van der Waals surface area contributed by atoms with Gasteiger partial charge >= 0.3 is 0 Å². The third-order valence-electron chi connectivity index (χ3n) is 4.94. The molecule has 1 aliphatic heterocycles. The number of sulfonamides is 1. The molecular weight excluding hydrogens is 509 g/mol. The molecule has 0 spiro atoms. The van der Waals surface area contributed by atoms with Gasteiger partial charge in [-0.25, -0.2) is 12.7 Å². The zero-order chi connectivity index (χ0) is 19.9. The molecule has 1 fully saturated rings. The molecule has 1 unspecified atom stereocenters. The number of aliphatic imine (C=N–C) groups is 1. The van der Waals surface area contributed by atoms with E-state index in [4.69, 9.17) is 0 Å². The van der Waals surface area contributed by atoms with Gasteiger partial charge in [-0.05, 0) is 37.9 Å². The third-order valence-corrected chi connectivity index (χ3v) is 8.31. The maximum Gasteiger partial charge on any atom is 0.252 e. The molecule has 7 nitrogen and oxygen atoms in total. The van der Waals surface area contributed by atoms with Gasteiger partial charge < -0.3 is 10.6 Å². The maximum absolute atomic E-state index is 12.2. The lowest BCUT2D eigenvalue weighted by atomic mass is 10.0. The average molecular weight is 544 g/mol. The van der Waals surface area contributed by atoms with E-state index >= 15 is 0 Å². The Kier molecular flexibility index (Phi) is 11.3. The summed E-state index contributed by atoms with van der Waals surface area (Å²) in [5, 5.41) is 6.63. The fourth-order valence-corrected chi connectivity index (χ4v) is 5.76. The molecular formula is C18H34IN5O2S2. The fraction of sp³-hybridized carbons (Fsp3) is 0.722. The minimum Gasteiger partial charge on any atom is -0.355 e. The lowest BCUT2D eigenvalue weighted by Crippen LogP contribution is -2.45. The number of piperidine rings is 1. The Balaban J connectivity index is 0.00000392. The van der Waals surface area contributed by atoms with Crippen LogP contribution in [0.2, 0.25) is 0 Å². The van der Waals surface area contributed by atoms with Crippen molar-refractivity contribution in [2.75, 3.05) is 40.8 Å². The predicted octanol–water partition coefficient (Wildman–Crippen LogP) is 2.55. The van der Waals surface area contributed by atoms with Gasteiger partial charge in [0.15, 0.2) is 5.96 Å². The topological polar surface area (TPSA) is 77.0 Å². The van der Waals surface area contributed by atoms with Crippen LogP contribution in [0.25, 0.3) is 0 Å². The van der Waals surface area contributed by atoms with Crippen molar-refractivity contribution >= 4 is 51.3 Å². The molecule has 0 aromatic carbocycles. The minimum atomic E-state index is -3.36. The van der Waals surface area contributed by atoms with Crippen LogP contribution in [-0.4, -0.2) is 70.4 Å². The van der Waals surface area contributed by atoms with Crippen molar-refractivity contribution in [3.05, 3.63) is 17.0 Å². The van der Waals surface area contributed by atoms with Crippen molar-refractivity contribution in [2.45, 2.75) is 49.4 Å². The van der Waals surface area contributed by atoms with Gasteiger partial charge in [-0.1, -0.05) is 13.3 Å². The molecule has 162 valence electrons. The Bertz CT molecular complexity index is 721. The Morgan fingerprint density at radius 2 is 2.07 bits per heavy atom. The summed E-state index contributed by atoms with van der Waals surface area (Å²) >= 11 is 1.29. The highest BCUT2D eigenvalue weighted by Crippen LogP contribution is 2.23. The standard InChI is InChI=1S/C18H33N5O2S2.HI/c1-5-15-8-6-7-12-23(15)13-11-20-18(19-2)21-14-16-9-10-17(26-16)27(24,25)22(3)4;/h9-10,15H,5-8,11-14H2,1-4H3,(H2,19,20,21);1H. The number of hydrogen-bond acceptors (Lipinski definition) is 5. The van der Waals surface area contributed by atoms with E-state index in [1.165, 1.54) is 47.9 Å². The van der Waals surface area contributed by atoms with Crippen LogP contribution in [0.1, 0.15) is 37.5 Å². The number of nitrogens with zero attached hydrogens (tertiary/aromatic N) is 3. The normalized spacial score (nSPS) is 18.8. The van der Waals surface area contributed by atoms with Gasteiger partial charge in [-0.15, -0.1) is 35.3 Å². The number of rotatable bonds is 8. The molecule has 28 heavy (non-hydrogen) atoms. The van der Waals surface area contributed by atoms with Crippen molar-refractivity contribution in [1.29, 1.82) is 0 Å². The molecule has 2 heterocycles. The van der Waals surface area contributed by atoms with Gasteiger partial charge in [0.25, 0.3) is 10.0 Å². The van der Waals surface area contributed by atoms with Gasteiger partial charge in [-0.2, -0.15) is 0 Å². The van der Waals surface area contributed by atoms with E-state index in [1.807, 2.05) is 6.07 Å². The summed E-state index contributed by atoms with van der Waals surface area (Å²) in [4.78, 5) is 7.79. The molecule has 1 aromatic rings. The highest BCUT2D eigenvalue weighted by molar-refractivity contribution is 14.0. The van der Waals surface area contributed by atoms with E-state index in [2.05, 4.69) is 27.4 Å². The Hall–Kier alpha value is -0.430. The van der Waals surface area contributed by atoms with Crippen molar-refractivity contribution in [1.82, 2.24) is 19.8 Å². The van der Waals surface area contributed by atoms with E-state index in [0.717, 1.165) is 23.9 Å². The zero-order valence-corrected chi connectivity index (χ0v) is 21.2. The average Bonchev–Trinajstić information content (AvgIpc) is 3.14. The highest BCUT2D eigenvalue weighted by atomic mass is 127. The number of guanidine groups is 1. The molecule has 0 saturated carbocycles. The highest BCUT2D eigenvalue weighted by Gasteiger charge is 2.21. The molecule has 1 saturated heterocycles. The summed E-state index contributed by atoms with van der Waals surface area (Å²) in [6.45, 7) is 5.87. The largest absolute Gasteiger partial charge is 0.355 e. The van der Waals surface area contributed by atoms with E-state index < -0.39 is 10.0 Å². The Morgan fingerprint density at radius 3 is 2.71 bits per heavy atom. The number of thiophene rings is 1. The van der Waals surface area contributed by atoms with E-state index in [0.29, 0.717) is 16.8 Å². The van der Waals surface area contributed by atoms with Gasteiger partial charge in [0.2, 0.25) is 0 Å². The van der Waals surface area contributed by atoms with E-state index in [1.54, 1.807) is 27.2 Å². The summed E-state index contributed by atoms with van der Waals surface area (Å²) in [7, 11) is 1.48. The lowest BCUT2D eigenvalue weighted by Gasteiger charge is -2.35. The van der Waals surface area contributed by atoms with Crippen LogP contribution in [0.3, 0.4) is 0 Å². The predicted molar refractivity (Wildman–Crippen MR) is 128 cm³/mol. The molecule has 0 bridgehead atoms. The molecule has 0 aliphatic carbocycles. The van der Waals surface area contributed by atoms with Crippen LogP contribution >= 0.6 is 35.3 Å². The first-order valence-electron chi connectivity index (χ1n) is 9.58. The molecule has 1 aliphatic rings. The monoisotopic (exact) mass is 543 g/mol. The van der Waals surface area contributed by atoms with Gasteiger partial charge in [-0.3, -0.25) is 9.89 Å². The van der Waals surface area contributed by atoms with Crippen LogP contribution in [0, 0.1) is 0 Å². The SMILES string of the molecule is CCC1CCCCN1CCNC(=NC)NCc1ccc(S(=O)(=O)N(C)C)s1.I. The Labute approximate surface area is 191 Å². The first kappa shape index (κ1) is 25.6. The second-order valence-corrected chi connectivity index (χ2v) is 10.5. The first-order chi connectivity index (χ1) is 12.9. The van der Waals surface area contributed by atoms with Crippen molar-refractivity contribution < 1.29 is 8.42 Å². The molecule has 1 aromatic heterocycles. The van der Waals surface area contributed by atoms with E-state index in [9.17, 15) is 8.42 Å². The maximum atomic E-state index is 12.2. The summed E-state index contributed by atoms with van der Waals surface area (Å²) in [5.41, 5.74) is 0. The summed E-state index contributed by atoms with van der Waals surface area (Å²) in [6.07, 6.45) is 5.15. The second-order valence-electron chi connectivity index (χ2n) is 6.95. The number of likely N-dealkylation sites (tertiary alicyclic amines) is 1. The number of hydrogen-bond donors (Lipinski definition) is 2. The number of nitrogens with one attached hydrogen (secondary N) is 2. The first-order valence-corrected chi connectivity index (χ1v) is 11.8. The molecule has 0 radical (unpaired) electrons. The molecule has 10 heteroatoms.